The van der Waals surface area contributed by atoms with Crippen molar-refractivity contribution in [3.8, 4) is 0 Å². The first-order valence-corrected chi connectivity index (χ1v) is 6.00. The second-order valence-corrected chi connectivity index (χ2v) is 4.67. The lowest BCUT2D eigenvalue weighted by atomic mass is 9.98. The lowest BCUT2D eigenvalue weighted by Gasteiger charge is -2.09. The van der Waals surface area contributed by atoms with Crippen LogP contribution in [-0.4, -0.2) is 10.8 Å². The Balaban J connectivity index is 2.14. The summed E-state index contributed by atoms with van der Waals surface area (Å²) in [6, 6.07) is 6.08. The van der Waals surface area contributed by atoms with Gasteiger partial charge in [0.15, 0.2) is 0 Å². The summed E-state index contributed by atoms with van der Waals surface area (Å²) in [5.74, 6) is 0.261. The van der Waals surface area contributed by atoms with Crippen molar-refractivity contribution in [1.82, 2.24) is 4.98 Å². The average molecular weight is 234 g/mol. The lowest BCUT2D eigenvalue weighted by Crippen LogP contribution is -2.23. The number of Topliss-reactive ketones (excluding diaryl/α,β-unsaturated/α-hetero) is 1. The van der Waals surface area contributed by atoms with Gasteiger partial charge in [-0.05, 0) is 29.8 Å². The highest BCUT2D eigenvalue weighted by Crippen LogP contribution is 2.18. The first-order valence-electron chi connectivity index (χ1n) is 6.00. The summed E-state index contributed by atoms with van der Waals surface area (Å²) in [5, 5.41) is 3.03. The quantitative estimate of drug-likeness (QED) is 0.686. The van der Waals surface area contributed by atoms with Crippen LogP contribution in [0.3, 0.4) is 0 Å². The van der Waals surface area contributed by atoms with Gasteiger partial charge in [0.25, 0.3) is 0 Å². The van der Waals surface area contributed by atoms with Gasteiger partial charge in [0.05, 0.1) is 16.2 Å². The predicted molar refractivity (Wildman–Crippen MR) is 69.4 cm³/mol. The minimum Gasteiger partial charge on any atom is -0.299 e. The molecule has 0 bridgehead atoms. The zero-order valence-electron chi connectivity index (χ0n) is 9.68. The van der Waals surface area contributed by atoms with Gasteiger partial charge in [-0.2, -0.15) is 0 Å². The molecule has 0 radical (unpaired) electrons. The third kappa shape index (κ3) is 1.27. The Labute approximate surface area is 103 Å². The monoisotopic (exact) mass is 234 g/mol. The molecular weight excluding hydrogens is 224 g/mol. The van der Waals surface area contributed by atoms with Gasteiger partial charge in [-0.25, -0.2) is 4.98 Å². The van der Waals surface area contributed by atoms with E-state index in [0.29, 0.717) is 12.8 Å². The van der Waals surface area contributed by atoms with Gasteiger partial charge in [0, 0.05) is 30.0 Å². The first-order chi connectivity index (χ1) is 8.81. The van der Waals surface area contributed by atoms with Gasteiger partial charge in [-0.1, -0.05) is 6.08 Å². The highest BCUT2D eigenvalue weighted by atomic mass is 16.1. The molecule has 2 aliphatic rings. The molecule has 1 aromatic heterocycles. The molecule has 2 aromatic rings. The Morgan fingerprint density at radius 2 is 2.17 bits per heavy atom. The molecule has 1 aromatic carbocycles. The second kappa shape index (κ2) is 3.35. The van der Waals surface area contributed by atoms with Crippen LogP contribution in [0.25, 0.3) is 23.1 Å². The van der Waals surface area contributed by atoms with E-state index in [0.717, 1.165) is 32.7 Å². The molecule has 4 rings (SSSR count). The molecule has 0 unspecified atom stereocenters. The van der Waals surface area contributed by atoms with Crippen LogP contribution in [0.15, 0.2) is 29.4 Å². The molecule has 0 saturated carbocycles. The maximum atomic E-state index is 11.5. The summed E-state index contributed by atoms with van der Waals surface area (Å²) in [6.07, 6.45) is 6.74. The highest BCUT2D eigenvalue weighted by Gasteiger charge is 2.13. The smallest absolute Gasteiger partial charge is 0.141 e. The summed E-state index contributed by atoms with van der Waals surface area (Å²) in [4.78, 5) is 20.4. The maximum absolute atomic E-state index is 11.5. The van der Waals surface area contributed by atoms with E-state index in [2.05, 4.69) is 16.0 Å². The molecule has 0 amide bonds. The van der Waals surface area contributed by atoms with Crippen molar-refractivity contribution in [1.29, 1.82) is 0 Å². The van der Waals surface area contributed by atoms with Crippen molar-refractivity contribution in [2.45, 2.75) is 12.8 Å². The Hall–Kier alpha value is -2.29. The Kier molecular flexibility index (Phi) is 1.81. The number of carbonyl (C=O) groups is 1. The fraction of sp³-hybridized carbons (Fsp3) is 0.133. The van der Waals surface area contributed by atoms with Crippen molar-refractivity contribution in [2.24, 2.45) is 4.99 Å². The van der Waals surface area contributed by atoms with E-state index in [4.69, 9.17) is 0 Å². The number of pyridine rings is 1. The van der Waals surface area contributed by atoms with Gasteiger partial charge in [0.2, 0.25) is 0 Å². The van der Waals surface area contributed by atoms with Crippen LogP contribution < -0.4 is 10.7 Å². The van der Waals surface area contributed by atoms with E-state index in [1.54, 1.807) is 6.20 Å². The van der Waals surface area contributed by atoms with Crippen molar-refractivity contribution in [3.63, 3.8) is 0 Å². The number of fused-ring (bicyclic) bond motifs is 4. The average Bonchev–Trinajstić information content (AvgIpc) is 2.85. The zero-order valence-corrected chi connectivity index (χ0v) is 9.68. The number of hydrogen-bond donors (Lipinski definition) is 0. The van der Waals surface area contributed by atoms with E-state index in [1.807, 2.05) is 24.3 Å². The Morgan fingerprint density at radius 3 is 3.11 bits per heavy atom. The number of rotatable bonds is 0. The summed E-state index contributed by atoms with van der Waals surface area (Å²) < 4.78 is 0. The van der Waals surface area contributed by atoms with Crippen LogP contribution in [0, 0.1) is 0 Å². The SMILES string of the molecule is O=C1CC=c2nc3ccc4c(c3cc2C1)C=CN=4. The van der Waals surface area contributed by atoms with Crippen molar-refractivity contribution in [3.05, 3.63) is 46.2 Å². The van der Waals surface area contributed by atoms with Gasteiger partial charge < -0.3 is 0 Å². The lowest BCUT2D eigenvalue weighted by molar-refractivity contribution is -0.117. The molecule has 0 atom stereocenters. The molecule has 0 spiro atoms. The topological polar surface area (TPSA) is 42.3 Å². The van der Waals surface area contributed by atoms with E-state index in [1.165, 1.54) is 0 Å². The fourth-order valence-corrected chi connectivity index (χ4v) is 2.61. The number of carbonyl (C=O) groups excluding carboxylic acids is 1. The van der Waals surface area contributed by atoms with Gasteiger partial charge >= 0.3 is 0 Å². The predicted octanol–water partition coefficient (Wildman–Crippen LogP) is 1.13. The normalized spacial score (nSPS) is 16.1. The number of hydrogen-bond acceptors (Lipinski definition) is 3. The van der Waals surface area contributed by atoms with E-state index in [9.17, 15) is 4.79 Å². The minimum absolute atomic E-state index is 0.261. The van der Waals surface area contributed by atoms with Crippen LogP contribution in [0.5, 0.6) is 0 Å². The molecule has 1 aliphatic heterocycles. The van der Waals surface area contributed by atoms with Crippen molar-refractivity contribution >= 4 is 28.8 Å². The van der Waals surface area contributed by atoms with Gasteiger partial charge in [-0.15, -0.1) is 0 Å². The number of nitrogens with zero attached hydrogens (tertiary/aromatic N) is 2. The Morgan fingerprint density at radius 1 is 1.22 bits per heavy atom. The molecule has 1 aliphatic carbocycles. The van der Waals surface area contributed by atoms with E-state index < -0.39 is 0 Å². The molecule has 0 fully saturated rings. The van der Waals surface area contributed by atoms with E-state index >= 15 is 0 Å². The second-order valence-electron chi connectivity index (χ2n) is 4.67. The van der Waals surface area contributed by atoms with Crippen LogP contribution in [0.4, 0.5) is 0 Å². The minimum atomic E-state index is 0.261. The molecule has 3 heteroatoms. The number of ketones is 1. The van der Waals surface area contributed by atoms with Crippen molar-refractivity contribution < 1.29 is 4.79 Å². The maximum Gasteiger partial charge on any atom is 0.141 e. The molecule has 18 heavy (non-hydrogen) atoms. The fourth-order valence-electron chi connectivity index (χ4n) is 2.61. The Bertz CT molecular complexity index is 847. The summed E-state index contributed by atoms with van der Waals surface area (Å²) in [5.41, 5.74) is 3.12. The molecule has 3 nitrogen and oxygen atoms in total. The van der Waals surface area contributed by atoms with Crippen LogP contribution in [0.2, 0.25) is 0 Å². The standard InChI is InChI=1S/C15H10N2O/c18-10-1-2-13-9(7-10)8-12-11-5-6-16-14(11)3-4-15(12)17-13/h2-6,8H,1,7H2. The van der Waals surface area contributed by atoms with Crippen LogP contribution >= 0.6 is 0 Å². The summed E-state index contributed by atoms with van der Waals surface area (Å²) in [7, 11) is 0. The van der Waals surface area contributed by atoms with Crippen molar-refractivity contribution in [2.75, 3.05) is 0 Å². The summed E-state index contributed by atoms with van der Waals surface area (Å²) >= 11 is 0. The van der Waals surface area contributed by atoms with E-state index in [-0.39, 0.29) is 5.78 Å². The van der Waals surface area contributed by atoms with Crippen LogP contribution in [-0.2, 0) is 11.2 Å². The van der Waals surface area contributed by atoms with Gasteiger partial charge in [0.1, 0.15) is 5.78 Å². The third-order valence-corrected chi connectivity index (χ3v) is 3.50. The summed E-state index contributed by atoms with van der Waals surface area (Å²) in [6.45, 7) is 0. The zero-order chi connectivity index (χ0) is 12.1. The molecule has 0 saturated heterocycles. The third-order valence-electron chi connectivity index (χ3n) is 3.50. The van der Waals surface area contributed by atoms with Gasteiger partial charge in [-0.3, -0.25) is 9.79 Å². The highest BCUT2D eigenvalue weighted by molar-refractivity contribution is 5.92. The molecular formula is C15H10N2O. The number of aromatic nitrogens is 1. The number of benzene rings is 1. The molecule has 0 N–H and O–H groups in total. The van der Waals surface area contributed by atoms with Crippen LogP contribution in [0.1, 0.15) is 17.5 Å². The largest absolute Gasteiger partial charge is 0.299 e. The molecule has 2 heterocycles. The molecule has 86 valence electrons. The first kappa shape index (κ1) is 9.71.